The molecule has 0 saturated heterocycles. The molecule has 0 amide bonds. The van der Waals surface area contributed by atoms with E-state index in [-0.39, 0.29) is 57.1 Å². The zero-order valence-corrected chi connectivity index (χ0v) is 22.7. The predicted octanol–water partition coefficient (Wildman–Crippen LogP) is 3.27. The molecule has 31 heavy (non-hydrogen) atoms. The minimum atomic E-state index is -4.63. The van der Waals surface area contributed by atoms with Crippen molar-refractivity contribution in [3.05, 3.63) is 48.0 Å². The number of hydrogen-bond acceptors (Lipinski definition) is 4. The number of para-hydroxylation sites is 1. The first-order valence-corrected chi connectivity index (χ1v) is 12.4. The summed E-state index contributed by atoms with van der Waals surface area (Å²) in [5.74, 6) is -0.482. The third-order valence-electron chi connectivity index (χ3n) is 5.19. The summed E-state index contributed by atoms with van der Waals surface area (Å²) < 4.78 is 38.9. The minimum Gasteiger partial charge on any atom is -0.869 e. The molecule has 2 aromatic carbocycles. The Labute approximate surface area is 229 Å². The third kappa shape index (κ3) is 10.4. The molecule has 0 bridgehead atoms. The maximum Gasteiger partial charge on any atom is 1.00 e. The third-order valence-corrected chi connectivity index (χ3v) is 6.15. The van der Waals surface area contributed by atoms with Crippen molar-refractivity contribution in [1.82, 2.24) is 0 Å². The zero-order valence-electron chi connectivity index (χ0n) is 18.8. The molecular formula is C24H33KO5S. The number of unbranched alkanes of at least 4 members (excludes halogenated alkanes) is 9. The molecule has 0 heterocycles. The Balaban J connectivity index is 0.00000480. The molecule has 0 aromatic heterocycles. The van der Waals surface area contributed by atoms with Crippen molar-refractivity contribution in [1.29, 1.82) is 0 Å². The fraction of sp³-hybridized carbons (Fsp3) is 0.500. The van der Waals surface area contributed by atoms with E-state index >= 15 is 0 Å². The molecule has 0 radical (unpaired) electrons. The summed E-state index contributed by atoms with van der Waals surface area (Å²) in [6.07, 6.45) is 12.1. The van der Waals surface area contributed by atoms with Crippen molar-refractivity contribution >= 4 is 10.1 Å². The van der Waals surface area contributed by atoms with Crippen LogP contribution in [0.1, 0.15) is 76.7 Å². The Morgan fingerprint density at radius 3 is 1.94 bits per heavy atom. The number of rotatable bonds is 14. The van der Waals surface area contributed by atoms with Gasteiger partial charge in [0.2, 0.25) is 0 Å². The van der Waals surface area contributed by atoms with Gasteiger partial charge < -0.3 is 9.84 Å². The molecule has 0 atom stereocenters. The molecule has 0 unspecified atom stereocenters. The van der Waals surface area contributed by atoms with E-state index in [0.29, 0.717) is 17.7 Å². The summed E-state index contributed by atoms with van der Waals surface area (Å²) >= 11 is 0. The van der Waals surface area contributed by atoms with Gasteiger partial charge in [0.25, 0.3) is 10.1 Å². The second kappa shape index (κ2) is 15.4. The van der Waals surface area contributed by atoms with Gasteiger partial charge in [-0.3, -0.25) is 4.55 Å². The van der Waals surface area contributed by atoms with Crippen LogP contribution in [0.25, 0.3) is 0 Å². The fourth-order valence-corrected chi connectivity index (χ4v) is 4.40. The van der Waals surface area contributed by atoms with E-state index in [1.54, 1.807) is 30.3 Å². The van der Waals surface area contributed by atoms with Gasteiger partial charge in [0, 0.05) is 0 Å². The van der Waals surface area contributed by atoms with Crippen LogP contribution in [-0.2, 0) is 16.5 Å². The second-order valence-corrected chi connectivity index (χ2v) is 9.06. The van der Waals surface area contributed by atoms with Crippen LogP contribution in [0.2, 0.25) is 0 Å². The Kier molecular flexibility index (Phi) is 14.2. The van der Waals surface area contributed by atoms with Crippen LogP contribution in [0.5, 0.6) is 17.2 Å². The Morgan fingerprint density at radius 1 is 0.839 bits per heavy atom. The van der Waals surface area contributed by atoms with Gasteiger partial charge in [0.15, 0.2) is 0 Å². The summed E-state index contributed by atoms with van der Waals surface area (Å²) in [5.41, 5.74) is 0.350. The smallest absolute Gasteiger partial charge is 0.869 e. The van der Waals surface area contributed by atoms with E-state index < -0.39 is 20.8 Å². The average Bonchev–Trinajstić information content (AvgIpc) is 2.71. The molecule has 2 aromatic rings. The standard InChI is InChI=1S/C24H34O5S.K/c1-2-3-4-5-6-7-8-9-10-12-15-20-18-19-22(23(25)24(20)30(26,27)28)29-21-16-13-11-14-17-21;/h11,13-14,16-19,25H,2-10,12,15H2,1H3,(H,26,27,28);/q;+1/p-1. The van der Waals surface area contributed by atoms with Gasteiger partial charge in [-0.1, -0.05) is 89.0 Å². The van der Waals surface area contributed by atoms with E-state index in [1.807, 2.05) is 6.07 Å². The molecule has 0 aliphatic carbocycles. The first-order valence-electron chi connectivity index (χ1n) is 11.0. The van der Waals surface area contributed by atoms with Gasteiger partial charge in [0.05, 0.1) is 4.90 Å². The van der Waals surface area contributed by atoms with E-state index in [4.69, 9.17) is 4.74 Å². The van der Waals surface area contributed by atoms with Crippen LogP contribution >= 0.6 is 0 Å². The molecule has 0 aliphatic heterocycles. The van der Waals surface area contributed by atoms with Crippen LogP contribution in [0, 0.1) is 0 Å². The molecular weight excluding hydrogens is 439 g/mol. The second-order valence-electron chi connectivity index (χ2n) is 7.70. The Bertz CT molecular complexity index is 869. The normalized spacial score (nSPS) is 11.2. The fourth-order valence-electron chi connectivity index (χ4n) is 3.56. The zero-order chi connectivity index (χ0) is 21.8. The van der Waals surface area contributed by atoms with Gasteiger partial charge in [-0.25, -0.2) is 0 Å². The van der Waals surface area contributed by atoms with Gasteiger partial charge in [-0.2, -0.15) is 8.42 Å². The average molecular weight is 473 g/mol. The largest absolute Gasteiger partial charge is 1.00 e. The van der Waals surface area contributed by atoms with Crippen LogP contribution < -0.4 is 61.2 Å². The minimum absolute atomic E-state index is 0. The summed E-state index contributed by atoms with van der Waals surface area (Å²) in [5, 5.41) is 12.7. The van der Waals surface area contributed by atoms with Crippen molar-refractivity contribution in [2.45, 2.75) is 82.4 Å². The molecule has 0 aliphatic rings. The van der Waals surface area contributed by atoms with Crippen LogP contribution in [-0.4, -0.2) is 13.0 Å². The Morgan fingerprint density at radius 2 is 1.39 bits per heavy atom. The number of benzene rings is 2. The molecule has 0 spiro atoms. The molecule has 0 saturated carbocycles. The summed E-state index contributed by atoms with van der Waals surface area (Å²) in [6.45, 7) is 2.22. The first kappa shape index (κ1) is 28.6. The van der Waals surface area contributed by atoms with Gasteiger partial charge in [0.1, 0.15) is 11.5 Å². The van der Waals surface area contributed by atoms with E-state index in [9.17, 15) is 18.1 Å². The van der Waals surface area contributed by atoms with Gasteiger partial charge in [-0.15, -0.1) is 0 Å². The molecule has 1 N–H and O–H groups in total. The van der Waals surface area contributed by atoms with Crippen molar-refractivity contribution < 1.29 is 74.2 Å². The molecule has 166 valence electrons. The van der Waals surface area contributed by atoms with Crippen LogP contribution in [0.3, 0.4) is 0 Å². The van der Waals surface area contributed by atoms with E-state index in [2.05, 4.69) is 6.92 Å². The predicted molar refractivity (Wildman–Crippen MR) is 118 cm³/mol. The van der Waals surface area contributed by atoms with Crippen molar-refractivity contribution in [3.63, 3.8) is 0 Å². The molecule has 7 heteroatoms. The van der Waals surface area contributed by atoms with E-state index in [0.717, 1.165) is 19.3 Å². The van der Waals surface area contributed by atoms with Gasteiger partial charge in [-0.05, 0) is 42.4 Å². The topological polar surface area (TPSA) is 86.7 Å². The van der Waals surface area contributed by atoms with Crippen LogP contribution in [0.15, 0.2) is 47.4 Å². The van der Waals surface area contributed by atoms with Crippen molar-refractivity contribution in [2.24, 2.45) is 0 Å². The van der Waals surface area contributed by atoms with E-state index in [1.165, 1.54) is 51.0 Å². The summed E-state index contributed by atoms with van der Waals surface area (Å²) in [6, 6.07) is 11.7. The number of ether oxygens (including phenoxy) is 1. The maximum atomic E-state index is 12.7. The SMILES string of the molecule is CCCCCCCCCCCCc1ccc(Oc2ccccc2)c([O-])c1S(=O)(=O)O.[K+]. The molecule has 2 rings (SSSR count). The van der Waals surface area contributed by atoms with Crippen molar-refractivity contribution in [3.8, 4) is 17.2 Å². The first-order chi connectivity index (χ1) is 14.4. The van der Waals surface area contributed by atoms with Gasteiger partial charge >= 0.3 is 51.4 Å². The summed E-state index contributed by atoms with van der Waals surface area (Å²) in [4.78, 5) is -0.563. The maximum absolute atomic E-state index is 12.7. The van der Waals surface area contributed by atoms with Crippen molar-refractivity contribution in [2.75, 3.05) is 0 Å². The Hall–Kier alpha value is -0.414. The quantitative estimate of drug-likeness (QED) is 0.259. The van der Waals surface area contributed by atoms with Crippen LogP contribution in [0.4, 0.5) is 0 Å². The molecule has 5 nitrogen and oxygen atoms in total. The summed E-state index contributed by atoms with van der Waals surface area (Å²) in [7, 11) is -4.63. The molecule has 0 fully saturated rings. The number of hydrogen-bond donors (Lipinski definition) is 1. The monoisotopic (exact) mass is 472 g/mol. The number of aryl methyl sites for hydroxylation is 1.